The van der Waals surface area contributed by atoms with Crippen molar-refractivity contribution in [2.24, 2.45) is 17.8 Å². The third kappa shape index (κ3) is 2.86. The van der Waals surface area contributed by atoms with Crippen molar-refractivity contribution in [2.45, 2.75) is 38.3 Å². The van der Waals surface area contributed by atoms with Crippen LogP contribution in [0.3, 0.4) is 0 Å². The van der Waals surface area contributed by atoms with E-state index in [-0.39, 0.29) is 11.8 Å². The van der Waals surface area contributed by atoms with E-state index in [0.717, 1.165) is 55.7 Å². The number of aromatic nitrogens is 2. The lowest BCUT2D eigenvalue weighted by atomic mass is 9.96. The van der Waals surface area contributed by atoms with Crippen LogP contribution in [0, 0.1) is 17.8 Å². The molecule has 1 aliphatic carbocycles. The van der Waals surface area contributed by atoms with E-state index < -0.39 is 5.54 Å². The third-order valence-electron chi connectivity index (χ3n) is 6.57. The lowest BCUT2D eigenvalue weighted by molar-refractivity contribution is -0.124. The van der Waals surface area contributed by atoms with E-state index in [9.17, 15) is 4.79 Å². The van der Waals surface area contributed by atoms with Gasteiger partial charge in [0.2, 0.25) is 5.91 Å². The van der Waals surface area contributed by atoms with Crippen molar-refractivity contribution < 1.29 is 9.53 Å². The summed E-state index contributed by atoms with van der Waals surface area (Å²) in [5.74, 6) is 1.41. The summed E-state index contributed by atoms with van der Waals surface area (Å²) < 4.78 is 7.69. The lowest BCUT2D eigenvalue weighted by Gasteiger charge is -2.26. The summed E-state index contributed by atoms with van der Waals surface area (Å²) >= 11 is 0. The molecule has 1 saturated carbocycles. The van der Waals surface area contributed by atoms with Gasteiger partial charge >= 0.3 is 0 Å². The Bertz CT molecular complexity index is 858. The predicted octanol–water partition coefficient (Wildman–Crippen LogP) is 2.20. The van der Waals surface area contributed by atoms with Crippen LogP contribution >= 0.6 is 0 Å². The average molecular weight is 368 g/mol. The predicted molar refractivity (Wildman–Crippen MR) is 103 cm³/mol. The number of carbonyl (C=O) groups excluding carboxylic acids is 1. The Morgan fingerprint density at radius 1 is 1.22 bits per heavy atom. The molecule has 0 spiro atoms. The number of hydrogen-bond acceptors (Lipinski definition) is 4. The van der Waals surface area contributed by atoms with Crippen molar-refractivity contribution >= 4 is 16.8 Å². The molecule has 1 aromatic heterocycles. The maximum Gasteiger partial charge on any atom is 0.224 e. The van der Waals surface area contributed by atoms with Crippen LogP contribution in [0.25, 0.3) is 10.9 Å². The van der Waals surface area contributed by atoms with Gasteiger partial charge in [0.05, 0.1) is 22.8 Å². The zero-order valence-electron chi connectivity index (χ0n) is 16.1. The number of nitrogens with zero attached hydrogens (tertiary/aromatic N) is 2. The van der Waals surface area contributed by atoms with E-state index in [4.69, 9.17) is 9.84 Å². The van der Waals surface area contributed by atoms with Crippen LogP contribution in [0.1, 0.15) is 38.4 Å². The number of amides is 1. The number of hydrogen-bond donors (Lipinski definition) is 2. The number of carbonyl (C=O) groups is 1. The van der Waals surface area contributed by atoms with E-state index in [2.05, 4.69) is 53.4 Å². The highest BCUT2D eigenvalue weighted by molar-refractivity contribution is 5.86. The van der Waals surface area contributed by atoms with E-state index in [0.29, 0.717) is 17.9 Å². The smallest absolute Gasteiger partial charge is 0.224 e. The topological polar surface area (TPSA) is 68.2 Å². The third-order valence-corrected chi connectivity index (χ3v) is 6.57. The first kappa shape index (κ1) is 17.2. The van der Waals surface area contributed by atoms with Gasteiger partial charge < -0.3 is 15.4 Å². The molecule has 2 N–H and O–H groups in total. The summed E-state index contributed by atoms with van der Waals surface area (Å²) in [5, 5.41) is 12.8. The van der Waals surface area contributed by atoms with Crippen molar-refractivity contribution in [2.75, 3.05) is 26.3 Å². The SMILES string of the molecule is CC(C)(NC(=O)C1C2CNCC21)c1nn(C2CCOCC2)c2ccccc12. The molecule has 2 saturated heterocycles. The highest BCUT2D eigenvalue weighted by atomic mass is 16.5. The minimum atomic E-state index is -0.503. The first-order valence-corrected chi connectivity index (χ1v) is 10.1. The molecular formula is C21H28N4O2. The maximum absolute atomic E-state index is 12.9. The fourth-order valence-corrected chi connectivity index (χ4v) is 5.02. The van der Waals surface area contributed by atoms with Gasteiger partial charge in [-0.25, -0.2) is 0 Å². The Balaban J connectivity index is 1.45. The molecule has 2 aliphatic heterocycles. The van der Waals surface area contributed by atoms with Crippen LogP contribution in [0.4, 0.5) is 0 Å². The van der Waals surface area contributed by atoms with Crippen molar-refractivity contribution in [1.82, 2.24) is 20.4 Å². The Morgan fingerprint density at radius 2 is 1.93 bits per heavy atom. The second kappa shape index (κ2) is 6.31. The number of piperidine rings is 1. The van der Waals surface area contributed by atoms with Crippen LogP contribution in [0.15, 0.2) is 24.3 Å². The van der Waals surface area contributed by atoms with Crippen molar-refractivity contribution in [3.05, 3.63) is 30.0 Å². The van der Waals surface area contributed by atoms with Crippen LogP contribution in [0.2, 0.25) is 0 Å². The van der Waals surface area contributed by atoms with E-state index >= 15 is 0 Å². The molecule has 5 rings (SSSR count). The van der Waals surface area contributed by atoms with Gasteiger partial charge in [0.15, 0.2) is 0 Å². The van der Waals surface area contributed by atoms with E-state index in [1.54, 1.807) is 0 Å². The second-order valence-corrected chi connectivity index (χ2v) is 8.78. The molecular weight excluding hydrogens is 340 g/mol. The standard InChI is InChI=1S/C21H28N4O2/c1-21(2,23-20(26)18-15-11-22-12-16(15)18)19-14-5-3-4-6-17(14)25(24-19)13-7-9-27-10-8-13/h3-6,13,15-16,18,22H,7-12H2,1-2H3,(H,23,26). The number of benzene rings is 1. The molecule has 2 atom stereocenters. The van der Waals surface area contributed by atoms with Gasteiger partial charge in [0.1, 0.15) is 0 Å². The number of nitrogens with one attached hydrogen (secondary N) is 2. The van der Waals surface area contributed by atoms with Gasteiger partial charge in [-0.1, -0.05) is 18.2 Å². The Kier molecular flexibility index (Phi) is 4.02. The molecule has 27 heavy (non-hydrogen) atoms. The molecule has 144 valence electrons. The van der Waals surface area contributed by atoms with Gasteiger partial charge in [-0.3, -0.25) is 9.48 Å². The van der Waals surface area contributed by atoms with Crippen molar-refractivity contribution in [3.63, 3.8) is 0 Å². The van der Waals surface area contributed by atoms with Crippen LogP contribution in [0.5, 0.6) is 0 Å². The zero-order chi connectivity index (χ0) is 18.6. The number of ether oxygens (including phenoxy) is 1. The Labute approximate surface area is 159 Å². The second-order valence-electron chi connectivity index (χ2n) is 8.78. The summed E-state index contributed by atoms with van der Waals surface area (Å²) in [7, 11) is 0. The van der Waals surface area contributed by atoms with Crippen LogP contribution < -0.4 is 10.6 Å². The molecule has 2 aromatic rings. The largest absolute Gasteiger partial charge is 0.381 e. The maximum atomic E-state index is 12.9. The molecule has 6 heteroatoms. The molecule has 0 bridgehead atoms. The first-order valence-electron chi connectivity index (χ1n) is 10.1. The van der Waals surface area contributed by atoms with Crippen molar-refractivity contribution in [1.29, 1.82) is 0 Å². The lowest BCUT2D eigenvalue weighted by Crippen LogP contribution is -2.43. The average Bonchev–Trinajstić information content (AvgIpc) is 3.01. The van der Waals surface area contributed by atoms with E-state index in [1.807, 2.05) is 0 Å². The normalized spacial score (nSPS) is 28.3. The minimum absolute atomic E-state index is 0.175. The van der Waals surface area contributed by atoms with Gasteiger partial charge in [-0.15, -0.1) is 0 Å². The van der Waals surface area contributed by atoms with Crippen LogP contribution in [-0.4, -0.2) is 42.0 Å². The summed E-state index contributed by atoms with van der Waals surface area (Å²) in [6.07, 6.45) is 1.96. The number of fused-ring (bicyclic) bond motifs is 2. The fraction of sp³-hybridized carbons (Fsp3) is 0.619. The molecule has 2 unspecified atom stereocenters. The zero-order valence-corrected chi connectivity index (χ0v) is 16.1. The number of rotatable bonds is 4. The molecule has 6 nitrogen and oxygen atoms in total. The van der Waals surface area contributed by atoms with Crippen LogP contribution in [-0.2, 0) is 15.1 Å². The Morgan fingerprint density at radius 3 is 2.67 bits per heavy atom. The van der Waals surface area contributed by atoms with Gasteiger partial charge in [-0.05, 0) is 57.7 Å². The summed E-state index contributed by atoms with van der Waals surface area (Å²) in [4.78, 5) is 12.9. The molecule has 3 fully saturated rings. The molecule has 0 radical (unpaired) electrons. The molecule has 3 heterocycles. The van der Waals surface area contributed by atoms with Gasteiger partial charge in [0.25, 0.3) is 0 Å². The summed E-state index contributed by atoms with van der Waals surface area (Å²) in [6, 6.07) is 8.73. The quantitative estimate of drug-likeness (QED) is 0.868. The highest BCUT2D eigenvalue weighted by Gasteiger charge is 2.57. The fourth-order valence-electron chi connectivity index (χ4n) is 5.02. The molecule has 1 amide bonds. The van der Waals surface area contributed by atoms with E-state index in [1.165, 1.54) is 0 Å². The summed E-state index contributed by atoms with van der Waals surface area (Å²) in [5.41, 5.74) is 1.60. The summed E-state index contributed by atoms with van der Waals surface area (Å²) in [6.45, 7) is 7.67. The highest BCUT2D eigenvalue weighted by Crippen LogP contribution is 2.49. The van der Waals surface area contributed by atoms with Crippen molar-refractivity contribution in [3.8, 4) is 0 Å². The monoisotopic (exact) mass is 368 g/mol. The molecule has 3 aliphatic rings. The van der Waals surface area contributed by atoms with Gasteiger partial charge in [0, 0.05) is 24.5 Å². The minimum Gasteiger partial charge on any atom is -0.381 e. The first-order chi connectivity index (χ1) is 13.1. The van der Waals surface area contributed by atoms with Gasteiger partial charge in [-0.2, -0.15) is 5.10 Å². The number of para-hydroxylation sites is 1. The Hall–Kier alpha value is -1.92. The molecule has 1 aromatic carbocycles.